The largest absolute Gasteiger partial charge is 0.493 e. The number of hydrogen-bond donors (Lipinski definition) is 2. The number of para-hydroxylation sites is 1. The number of rotatable bonds is 6. The van der Waals surface area contributed by atoms with Crippen LogP contribution in [0, 0.1) is 0 Å². The molecular formula is C27H21ClN4O3. The summed E-state index contributed by atoms with van der Waals surface area (Å²) in [5.74, 6) is 0.171. The molecule has 0 atom stereocenters. The van der Waals surface area contributed by atoms with E-state index in [-0.39, 0.29) is 5.56 Å². The number of halogens is 1. The van der Waals surface area contributed by atoms with Crippen molar-refractivity contribution in [1.82, 2.24) is 9.97 Å². The van der Waals surface area contributed by atoms with E-state index in [0.717, 1.165) is 39.4 Å². The second kappa shape index (κ2) is 9.56. The van der Waals surface area contributed by atoms with Crippen LogP contribution in [-0.4, -0.2) is 33.4 Å². The van der Waals surface area contributed by atoms with E-state index in [1.54, 1.807) is 18.3 Å². The summed E-state index contributed by atoms with van der Waals surface area (Å²) in [6, 6.07) is 19.9. The quantitative estimate of drug-likeness (QED) is 0.349. The highest BCUT2D eigenvalue weighted by molar-refractivity contribution is 6.31. The monoisotopic (exact) mass is 484 g/mol. The van der Waals surface area contributed by atoms with Crippen LogP contribution in [0.2, 0.25) is 5.02 Å². The highest BCUT2D eigenvalue weighted by Crippen LogP contribution is 2.35. The molecule has 0 saturated heterocycles. The summed E-state index contributed by atoms with van der Waals surface area (Å²) in [5, 5.41) is 12.9. The number of hydrogen-bond acceptors (Lipinski definition) is 6. The molecule has 0 radical (unpaired) electrons. The summed E-state index contributed by atoms with van der Waals surface area (Å²) in [5.41, 5.74) is 5.94. The number of fused-ring (bicyclic) bond motifs is 3. The van der Waals surface area contributed by atoms with Crippen LogP contribution < -0.4 is 10.1 Å². The predicted octanol–water partition coefficient (Wildman–Crippen LogP) is 5.99. The van der Waals surface area contributed by atoms with Gasteiger partial charge in [-0.1, -0.05) is 29.8 Å². The Morgan fingerprint density at radius 1 is 1.06 bits per heavy atom. The van der Waals surface area contributed by atoms with E-state index in [1.807, 2.05) is 49.4 Å². The number of aromatic nitrogens is 2. The number of aromatic carboxylic acids is 1. The Morgan fingerprint density at radius 2 is 1.86 bits per heavy atom. The second-order valence-electron chi connectivity index (χ2n) is 7.86. The molecule has 0 aliphatic carbocycles. The molecule has 174 valence electrons. The summed E-state index contributed by atoms with van der Waals surface area (Å²) >= 11 is 6.41. The summed E-state index contributed by atoms with van der Waals surface area (Å²) in [6.45, 7) is 2.89. The number of anilines is 2. The molecular weight excluding hydrogens is 464 g/mol. The van der Waals surface area contributed by atoms with Gasteiger partial charge in [0.05, 0.1) is 30.1 Å². The summed E-state index contributed by atoms with van der Waals surface area (Å²) in [7, 11) is 0. The van der Waals surface area contributed by atoms with Gasteiger partial charge in [0.15, 0.2) is 0 Å². The van der Waals surface area contributed by atoms with Crippen molar-refractivity contribution < 1.29 is 14.6 Å². The zero-order chi connectivity index (χ0) is 24.4. The summed E-state index contributed by atoms with van der Waals surface area (Å²) in [6.07, 6.45) is 1.76. The van der Waals surface area contributed by atoms with Gasteiger partial charge in [0.2, 0.25) is 5.95 Å². The van der Waals surface area contributed by atoms with Gasteiger partial charge < -0.3 is 15.2 Å². The molecule has 0 saturated carbocycles. The Kier molecular flexibility index (Phi) is 6.16. The number of carboxylic acids is 1. The van der Waals surface area contributed by atoms with Gasteiger partial charge >= 0.3 is 5.97 Å². The smallest absolute Gasteiger partial charge is 0.335 e. The van der Waals surface area contributed by atoms with Crippen molar-refractivity contribution in [1.29, 1.82) is 0 Å². The fraction of sp³-hybridized carbons (Fsp3) is 0.111. The third-order valence-corrected chi connectivity index (χ3v) is 5.83. The van der Waals surface area contributed by atoms with Crippen LogP contribution in [-0.2, 0) is 6.54 Å². The van der Waals surface area contributed by atoms with Crippen molar-refractivity contribution in [2.24, 2.45) is 4.99 Å². The molecule has 4 aromatic rings. The first kappa shape index (κ1) is 22.6. The fourth-order valence-corrected chi connectivity index (χ4v) is 4.16. The number of carboxylic acid groups (broad SMARTS) is 1. The molecule has 0 spiro atoms. The zero-order valence-corrected chi connectivity index (χ0v) is 19.6. The van der Waals surface area contributed by atoms with E-state index < -0.39 is 5.97 Å². The van der Waals surface area contributed by atoms with Crippen LogP contribution in [0.4, 0.5) is 11.6 Å². The van der Waals surface area contributed by atoms with Crippen molar-refractivity contribution in [2.45, 2.75) is 13.5 Å². The van der Waals surface area contributed by atoms with E-state index in [4.69, 9.17) is 31.4 Å². The minimum absolute atomic E-state index is 0.209. The second-order valence-corrected chi connectivity index (χ2v) is 8.30. The fourth-order valence-electron chi connectivity index (χ4n) is 3.98. The number of ether oxygens (including phenoxy) is 1. The first-order valence-corrected chi connectivity index (χ1v) is 11.4. The lowest BCUT2D eigenvalue weighted by atomic mass is 9.95. The standard InChI is InChI=1S/C27H21ClN4O3/c1-2-35-23-6-4-3-5-21(23)25-22-13-18(28)9-12-20(22)24-17(14-29-25)15-30-27(32-24)31-19-10-7-16(8-11-19)26(33)34/h3-13,15H,2,14H2,1H3,(H,33,34)(H,30,31,32). The maximum Gasteiger partial charge on any atom is 0.335 e. The van der Waals surface area contributed by atoms with Crippen molar-refractivity contribution in [3.8, 4) is 17.0 Å². The highest BCUT2D eigenvalue weighted by Gasteiger charge is 2.23. The number of nitrogens with zero attached hydrogens (tertiary/aromatic N) is 3. The first-order valence-electron chi connectivity index (χ1n) is 11.1. The molecule has 0 bridgehead atoms. The van der Waals surface area contributed by atoms with E-state index in [1.165, 1.54) is 12.1 Å². The lowest BCUT2D eigenvalue weighted by Gasteiger charge is -2.15. The minimum Gasteiger partial charge on any atom is -0.493 e. The topological polar surface area (TPSA) is 96.7 Å². The van der Waals surface area contributed by atoms with E-state index >= 15 is 0 Å². The Hall–Kier alpha value is -4.23. The molecule has 5 rings (SSSR count). The van der Waals surface area contributed by atoms with Crippen LogP contribution in [0.15, 0.2) is 77.9 Å². The highest BCUT2D eigenvalue weighted by atomic mass is 35.5. The van der Waals surface area contributed by atoms with Crippen LogP contribution in [0.25, 0.3) is 11.3 Å². The Balaban J connectivity index is 1.57. The molecule has 8 heteroatoms. The SMILES string of the molecule is CCOc1ccccc1C1=NCc2cnc(Nc3ccc(C(=O)O)cc3)nc2-c2ccc(Cl)cc21. The molecule has 2 heterocycles. The van der Waals surface area contributed by atoms with Crippen LogP contribution >= 0.6 is 11.6 Å². The number of nitrogens with one attached hydrogen (secondary N) is 1. The van der Waals surface area contributed by atoms with Crippen LogP contribution in [0.1, 0.15) is 34.0 Å². The maximum absolute atomic E-state index is 11.1. The Labute approximate surface area is 207 Å². The lowest BCUT2D eigenvalue weighted by molar-refractivity contribution is 0.0697. The molecule has 7 nitrogen and oxygen atoms in total. The zero-order valence-electron chi connectivity index (χ0n) is 18.8. The third-order valence-electron chi connectivity index (χ3n) is 5.59. The first-order chi connectivity index (χ1) is 17.0. The van der Waals surface area contributed by atoms with Crippen LogP contribution in [0.3, 0.4) is 0 Å². The summed E-state index contributed by atoms with van der Waals surface area (Å²) in [4.78, 5) is 25.3. The molecule has 0 fully saturated rings. The predicted molar refractivity (Wildman–Crippen MR) is 136 cm³/mol. The summed E-state index contributed by atoms with van der Waals surface area (Å²) < 4.78 is 5.87. The van der Waals surface area contributed by atoms with E-state index in [9.17, 15) is 4.79 Å². The number of carbonyl (C=O) groups is 1. The normalized spacial score (nSPS) is 12.1. The molecule has 0 unspecified atom stereocenters. The Bertz CT molecular complexity index is 1450. The molecule has 2 N–H and O–H groups in total. The van der Waals surface area contributed by atoms with Gasteiger partial charge in [0.25, 0.3) is 0 Å². The average molecular weight is 485 g/mol. The average Bonchev–Trinajstić information content (AvgIpc) is 3.01. The van der Waals surface area contributed by atoms with E-state index in [2.05, 4.69) is 10.3 Å². The van der Waals surface area contributed by atoms with Gasteiger partial charge in [-0.05, 0) is 55.5 Å². The third kappa shape index (κ3) is 4.58. The molecule has 3 aromatic carbocycles. The Morgan fingerprint density at radius 3 is 2.63 bits per heavy atom. The van der Waals surface area contributed by atoms with Crippen molar-refractivity contribution in [2.75, 3.05) is 11.9 Å². The van der Waals surface area contributed by atoms with Crippen LogP contribution in [0.5, 0.6) is 5.75 Å². The van der Waals surface area contributed by atoms with E-state index in [0.29, 0.717) is 29.8 Å². The van der Waals surface area contributed by atoms with Gasteiger partial charge in [-0.15, -0.1) is 0 Å². The molecule has 1 aromatic heterocycles. The molecule has 0 amide bonds. The number of aliphatic imine (C=N–C) groups is 1. The van der Waals surface area contributed by atoms with Gasteiger partial charge in [-0.3, -0.25) is 4.99 Å². The molecule has 1 aliphatic heterocycles. The van der Waals surface area contributed by atoms with Crippen molar-refractivity contribution in [3.05, 3.63) is 100 Å². The van der Waals surface area contributed by atoms with Gasteiger partial charge in [-0.2, -0.15) is 0 Å². The van der Waals surface area contributed by atoms with Gasteiger partial charge in [0.1, 0.15) is 5.75 Å². The van der Waals surface area contributed by atoms with Gasteiger partial charge in [0, 0.05) is 39.2 Å². The van der Waals surface area contributed by atoms with Gasteiger partial charge in [-0.25, -0.2) is 14.8 Å². The van der Waals surface area contributed by atoms with Crippen molar-refractivity contribution >= 4 is 34.9 Å². The lowest BCUT2D eigenvalue weighted by Crippen LogP contribution is -2.08. The minimum atomic E-state index is -0.977. The number of benzene rings is 3. The molecule has 35 heavy (non-hydrogen) atoms. The maximum atomic E-state index is 11.1. The van der Waals surface area contributed by atoms with Crippen molar-refractivity contribution in [3.63, 3.8) is 0 Å². The molecule has 1 aliphatic rings.